The number of carbonyl (C=O) groups is 1. The van der Waals surface area contributed by atoms with Gasteiger partial charge in [0.25, 0.3) is 0 Å². The lowest BCUT2D eigenvalue weighted by Gasteiger charge is -2.05. The predicted octanol–water partition coefficient (Wildman–Crippen LogP) is 2.75. The molecule has 0 bridgehead atoms. The largest absolute Gasteiger partial charge is 0.298 e. The standard InChI is InChI=1S/C10H12OS2/c1-7-10(11)6-9(13-7)5-8-3-2-4-12-8/h2-4,7,9H,5-6H2,1H3. The smallest absolute Gasteiger partial charge is 0.146 e. The van der Waals surface area contributed by atoms with Gasteiger partial charge < -0.3 is 0 Å². The molecule has 1 aromatic heterocycles. The maximum Gasteiger partial charge on any atom is 0.146 e. The molecule has 0 amide bonds. The number of rotatable bonds is 2. The Morgan fingerprint density at radius 1 is 1.62 bits per heavy atom. The zero-order valence-corrected chi connectivity index (χ0v) is 9.16. The second-order valence-corrected chi connectivity index (χ2v) is 6.03. The van der Waals surface area contributed by atoms with E-state index in [0.717, 1.165) is 12.8 Å². The van der Waals surface area contributed by atoms with Crippen molar-refractivity contribution in [1.29, 1.82) is 0 Å². The highest BCUT2D eigenvalue weighted by Crippen LogP contribution is 2.33. The number of hydrogen-bond acceptors (Lipinski definition) is 3. The topological polar surface area (TPSA) is 17.1 Å². The van der Waals surface area contributed by atoms with Gasteiger partial charge in [-0.1, -0.05) is 6.07 Å². The molecule has 70 valence electrons. The normalized spacial score (nSPS) is 28.2. The van der Waals surface area contributed by atoms with Gasteiger partial charge in [0.1, 0.15) is 5.78 Å². The van der Waals surface area contributed by atoms with Crippen LogP contribution in [0.2, 0.25) is 0 Å². The minimum Gasteiger partial charge on any atom is -0.298 e. The molecule has 2 heterocycles. The summed E-state index contributed by atoms with van der Waals surface area (Å²) in [6.07, 6.45) is 1.84. The Bertz CT molecular complexity index is 292. The average molecular weight is 212 g/mol. The minimum atomic E-state index is 0.227. The van der Waals surface area contributed by atoms with Gasteiger partial charge in [0.05, 0.1) is 5.25 Å². The minimum absolute atomic E-state index is 0.227. The number of hydrogen-bond donors (Lipinski definition) is 0. The summed E-state index contributed by atoms with van der Waals surface area (Å²) in [7, 11) is 0. The van der Waals surface area contributed by atoms with Gasteiger partial charge in [0, 0.05) is 16.5 Å². The fraction of sp³-hybridized carbons (Fsp3) is 0.500. The Morgan fingerprint density at radius 3 is 3.00 bits per heavy atom. The van der Waals surface area contributed by atoms with Crippen molar-refractivity contribution in [3.63, 3.8) is 0 Å². The highest BCUT2D eigenvalue weighted by Gasteiger charge is 2.29. The van der Waals surface area contributed by atoms with E-state index in [1.165, 1.54) is 4.88 Å². The van der Waals surface area contributed by atoms with Gasteiger partial charge in [0.2, 0.25) is 0 Å². The van der Waals surface area contributed by atoms with Crippen LogP contribution in [-0.4, -0.2) is 16.3 Å². The second-order valence-electron chi connectivity index (χ2n) is 3.35. The van der Waals surface area contributed by atoms with E-state index in [1.807, 2.05) is 18.7 Å². The van der Waals surface area contributed by atoms with Crippen molar-refractivity contribution >= 4 is 28.9 Å². The molecule has 0 radical (unpaired) electrons. The van der Waals surface area contributed by atoms with Gasteiger partial charge >= 0.3 is 0 Å². The fourth-order valence-corrected chi connectivity index (χ4v) is 3.83. The Hall–Kier alpha value is -0.280. The zero-order valence-electron chi connectivity index (χ0n) is 7.53. The molecule has 13 heavy (non-hydrogen) atoms. The highest BCUT2D eigenvalue weighted by molar-refractivity contribution is 8.01. The van der Waals surface area contributed by atoms with Crippen molar-refractivity contribution in [1.82, 2.24) is 0 Å². The average Bonchev–Trinajstić information content (AvgIpc) is 2.64. The molecule has 0 aliphatic carbocycles. The maximum absolute atomic E-state index is 11.3. The molecule has 1 aromatic rings. The van der Waals surface area contributed by atoms with E-state index < -0.39 is 0 Å². The lowest BCUT2D eigenvalue weighted by molar-refractivity contribution is -0.117. The van der Waals surface area contributed by atoms with Crippen LogP contribution in [0.5, 0.6) is 0 Å². The summed E-state index contributed by atoms with van der Waals surface area (Å²) in [5.41, 5.74) is 0. The first-order chi connectivity index (χ1) is 6.25. The molecule has 3 heteroatoms. The van der Waals surface area contributed by atoms with Crippen LogP contribution in [0.4, 0.5) is 0 Å². The van der Waals surface area contributed by atoms with Crippen molar-refractivity contribution < 1.29 is 4.79 Å². The van der Waals surface area contributed by atoms with Crippen LogP contribution >= 0.6 is 23.1 Å². The molecule has 2 unspecified atom stereocenters. The summed E-state index contributed by atoms with van der Waals surface area (Å²) in [6, 6.07) is 4.23. The number of Topliss-reactive ketones (excluding diaryl/α,β-unsaturated/α-hetero) is 1. The summed E-state index contributed by atoms with van der Waals surface area (Å²) in [6.45, 7) is 2.02. The van der Waals surface area contributed by atoms with Gasteiger partial charge in [-0.3, -0.25) is 4.79 Å². The third-order valence-electron chi connectivity index (χ3n) is 2.29. The first-order valence-corrected chi connectivity index (χ1v) is 6.28. The quantitative estimate of drug-likeness (QED) is 0.750. The lowest BCUT2D eigenvalue weighted by Crippen LogP contribution is -2.04. The van der Waals surface area contributed by atoms with Crippen LogP contribution in [0.15, 0.2) is 17.5 Å². The van der Waals surface area contributed by atoms with E-state index in [2.05, 4.69) is 17.5 Å². The Balaban J connectivity index is 1.94. The molecule has 0 aromatic carbocycles. The Morgan fingerprint density at radius 2 is 2.46 bits per heavy atom. The van der Waals surface area contributed by atoms with Gasteiger partial charge in [-0.25, -0.2) is 0 Å². The van der Waals surface area contributed by atoms with Crippen LogP contribution in [0.1, 0.15) is 18.2 Å². The van der Waals surface area contributed by atoms with Gasteiger partial charge in [-0.15, -0.1) is 23.1 Å². The molecular weight excluding hydrogens is 200 g/mol. The van der Waals surface area contributed by atoms with E-state index in [0.29, 0.717) is 11.0 Å². The van der Waals surface area contributed by atoms with E-state index >= 15 is 0 Å². The molecule has 1 aliphatic heterocycles. The molecule has 0 N–H and O–H groups in total. The molecule has 0 spiro atoms. The van der Waals surface area contributed by atoms with E-state index in [-0.39, 0.29) is 5.25 Å². The van der Waals surface area contributed by atoms with Crippen LogP contribution < -0.4 is 0 Å². The van der Waals surface area contributed by atoms with Crippen molar-refractivity contribution in [3.8, 4) is 0 Å². The van der Waals surface area contributed by atoms with Crippen molar-refractivity contribution in [2.75, 3.05) is 0 Å². The first-order valence-electron chi connectivity index (χ1n) is 4.46. The van der Waals surface area contributed by atoms with E-state index in [1.54, 1.807) is 11.3 Å². The summed E-state index contributed by atoms with van der Waals surface area (Å²) in [5, 5.41) is 2.85. The van der Waals surface area contributed by atoms with Crippen molar-refractivity contribution in [2.24, 2.45) is 0 Å². The molecule has 0 saturated carbocycles. The van der Waals surface area contributed by atoms with Crippen LogP contribution in [0.3, 0.4) is 0 Å². The summed E-state index contributed by atoms with van der Waals surface area (Å²) >= 11 is 3.62. The van der Waals surface area contributed by atoms with E-state index in [9.17, 15) is 4.79 Å². The van der Waals surface area contributed by atoms with Crippen LogP contribution in [0, 0.1) is 0 Å². The summed E-state index contributed by atoms with van der Waals surface area (Å²) in [5.74, 6) is 0.423. The Kier molecular flexibility index (Phi) is 2.74. The van der Waals surface area contributed by atoms with Gasteiger partial charge in [0.15, 0.2) is 0 Å². The third-order valence-corrected chi connectivity index (χ3v) is 4.58. The number of thiophene rings is 1. The van der Waals surface area contributed by atoms with Crippen molar-refractivity contribution in [3.05, 3.63) is 22.4 Å². The van der Waals surface area contributed by atoms with Crippen molar-refractivity contribution in [2.45, 2.75) is 30.3 Å². The third kappa shape index (κ3) is 2.15. The first kappa shape index (κ1) is 9.28. The fourth-order valence-electron chi connectivity index (χ4n) is 1.58. The molecule has 1 saturated heterocycles. The highest BCUT2D eigenvalue weighted by atomic mass is 32.2. The molecule has 2 atom stereocenters. The van der Waals surface area contributed by atoms with Crippen LogP contribution in [0.25, 0.3) is 0 Å². The predicted molar refractivity (Wildman–Crippen MR) is 58.5 cm³/mol. The zero-order chi connectivity index (χ0) is 9.26. The number of carbonyl (C=O) groups excluding carboxylic acids is 1. The van der Waals surface area contributed by atoms with Gasteiger partial charge in [-0.05, 0) is 24.8 Å². The van der Waals surface area contributed by atoms with Gasteiger partial charge in [-0.2, -0.15) is 0 Å². The lowest BCUT2D eigenvalue weighted by atomic mass is 10.1. The summed E-state index contributed by atoms with van der Waals surface area (Å²) in [4.78, 5) is 12.7. The monoisotopic (exact) mass is 212 g/mol. The van der Waals surface area contributed by atoms with E-state index in [4.69, 9.17) is 0 Å². The van der Waals surface area contributed by atoms with Crippen LogP contribution in [-0.2, 0) is 11.2 Å². The number of ketones is 1. The Labute approximate surface area is 86.5 Å². The molecular formula is C10H12OS2. The second kappa shape index (κ2) is 3.84. The summed E-state index contributed by atoms with van der Waals surface area (Å²) < 4.78 is 0. The molecule has 2 rings (SSSR count). The molecule has 1 aliphatic rings. The molecule has 1 fully saturated rings. The SMILES string of the molecule is CC1SC(Cc2cccs2)CC1=O. The number of thioether (sulfide) groups is 1. The maximum atomic E-state index is 11.3. The molecule has 1 nitrogen and oxygen atoms in total.